The predicted octanol–water partition coefficient (Wildman–Crippen LogP) is 1.53. The summed E-state index contributed by atoms with van der Waals surface area (Å²) in [5, 5.41) is 5.27. The van der Waals surface area contributed by atoms with Gasteiger partial charge in [-0.25, -0.2) is 0 Å². The van der Waals surface area contributed by atoms with Gasteiger partial charge < -0.3 is 15.4 Å². The topological polar surface area (TPSA) is 80.3 Å². The lowest BCUT2D eigenvalue weighted by molar-refractivity contribution is -0.120. The lowest BCUT2D eigenvalue weighted by Crippen LogP contribution is -2.36. The van der Waals surface area contributed by atoms with E-state index in [1.165, 1.54) is 0 Å². The van der Waals surface area contributed by atoms with Crippen molar-refractivity contribution in [2.45, 2.75) is 13.5 Å². The van der Waals surface area contributed by atoms with Crippen LogP contribution >= 0.6 is 0 Å². The van der Waals surface area contributed by atoms with Crippen LogP contribution in [0.2, 0.25) is 0 Å². The molecule has 0 radical (unpaired) electrons. The summed E-state index contributed by atoms with van der Waals surface area (Å²) in [6.07, 6.45) is 1.66. The zero-order chi connectivity index (χ0) is 16.5. The first-order chi connectivity index (χ1) is 11.2. The molecule has 23 heavy (non-hydrogen) atoms. The molecule has 2 N–H and O–H groups in total. The Balaban J connectivity index is 1.76. The molecule has 0 spiro atoms. The maximum atomic E-state index is 11.9. The zero-order valence-corrected chi connectivity index (χ0v) is 12.9. The number of carbonyl (C=O) groups excluding carboxylic acids is 2. The molecule has 0 saturated heterocycles. The molecular weight excluding hydrogens is 294 g/mol. The van der Waals surface area contributed by atoms with Crippen molar-refractivity contribution in [3.63, 3.8) is 0 Å². The number of hydrogen-bond acceptors (Lipinski definition) is 4. The van der Waals surface area contributed by atoms with Gasteiger partial charge in [0, 0.05) is 11.8 Å². The number of amides is 2. The van der Waals surface area contributed by atoms with Crippen LogP contribution in [0.5, 0.6) is 5.75 Å². The van der Waals surface area contributed by atoms with E-state index < -0.39 is 0 Å². The van der Waals surface area contributed by atoms with Gasteiger partial charge >= 0.3 is 0 Å². The molecule has 6 nitrogen and oxygen atoms in total. The Morgan fingerprint density at radius 2 is 1.87 bits per heavy atom. The molecule has 0 aliphatic carbocycles. The monoisotopic (exact) mass is 313 g/mol. The van der Waals surface area contributed by atoms with Crippen LogP contribution in [0, 0.1) is 0 Å². The molecule has 6 heteroatoms. The molecule has 0 aliphatic heterocycles. The molecule has 2 rings (SSSR count). The van der Waals surface area contributed by atoms with Crippen molar-refractivity contribution in [3.8, 4) is 5.75 Å². The Bertz CT molecular complexity index is 642. The first-order valence-corrected chi connectivity index (χ1v) is 7.36. The van der Waals surface area contributed by atoms with Gasteiger partial charge in [0.1, 0.15) is 5.75 Å². The largest absolute Gasteiger partial charge is 0.494 e. The number of carbonyl (C=O) groups is 2. The second-order valence-electron chi connectivity index (χ2n) is 4.74. The molecule has 1 aromatic carbocycles. The molecular formula is C17H19N3O3. The molecule has 0 bridgehead atoms. The average Bonchev–Trinajstić information content (AvgIpc) is 2.59. The summed E-state index contributed by atoms with van der Waals surface area (Å²) >= 11 is 0. The van der Waals surface area contributed by atoms with E-state index in [4.69, 9.17) is 4.74 Å². The fourth-order valence-corrected chi connectivity index (χ4v) is 1.89. The summed E-state index contributed by atoms with van der Waals surface area (Å²) in [6.45, 7) is 2.71. The quantitative estimate of drug-likeness (QED) is 0.812. The second-order valence-corrected chi connectivity index (χ2v) is 4.74. The highest BCUT2D eigenvalue weighted by Gasteiger charge is 2.08. The van der Waals surface area contributed by atoms with Crippen LogP contribution in [0.3, 0.4) is 0 Å². The number of ether oxygens (including phenoxy) is 1. The smallest absolute Gasteiger partial charge is 0.251 e. The average molecular weight is 313 g/mol. The number of benzene rings is 1. The summed E-state index contributed by atoms with van der Waals surface area (Å²) in [6, 6.07) is 12.2. The van der Waals surface area contributed by atoms with E-state index in [-0.39, 0.29) is 18.4 Å². The van der Waals surface area contributed by atoms with Crippen molar-refractivity contribution in [1.29, 1.82) is 0 Å². The third kappa shape index (κ3) is 5.43. The zero-order valence-electron chi connectivity index (χ0n) is 12.9. The van der Waals surface area contributed by atoms with E-state index in [1.54, 1.807) is 30.5 Å². The predicted molar refractivity (Wildman–Crippen MR) is 86.0 cm³/mol. The molecule has 2 amide bonds. The van der Waals surface area contributed by atoms with Crippen LogP contribution in [0.15, 0.2) is 48.7 Å². The van der Waals surface area contributed by atoms with Gasteiger partial charge in [-0.3, -0.25) is 14.6 Å². The van der Waals surface area contributed by atoms with Crippen molar-refractivity contribution in [1.82, 2.24) is 15.6 Å². The number of rotatable bonds is 7. The Hall–Kier alpha value is -2.89. The highest BCUT2D eigenvalue weighted by atomic mass is 16.5. The summed E-state index contributed by atoms with van der Waals surface area (Å²) < 4.78 is 5.31. The summed E-state index contributed by atoms with van der Waals surface area (Å²) in [4.78, 5) is 27.8. The second kappa shape index (κ2) is 8.53. The van der Waals surface area contributed by atoms with E-state index in [9.17, 15) is 9.59 Å². The van der Waals surface area contributed by atoms with E-state index in [2.05, 4.69) is 15.6 Å². The first-order valence-electron chi connectivity index (χ1n) is 7.36. The maximum absolute atomic E-state index is 11.9. The minimum atomic E-state index is -0.305. The summed E-state index contributed by atoms with van der Waals surface area (Å²) in [7, 11) is 0. The van der Waals surface area contributed by atoms with Gasteiger partial charge in [0.15, 0.2) is 0 Å². The Labute approximate surface area is 134 Å². The van der Waals surface area contributed by atoms with Crippen molar-refractivity contribution < 1.29 is 14.3 Å². The maximum Gasteiger partial charge on any atom is 0.251 e. The van der Waals surface area contributed by atoms with Crippen LogP contribution in [0.25, 0.3) is 0 Å². The van der Waals surface area contributed by atoms with Gasteiger partial charge in [-0.2, -0.15) is 0 Å². The van der Waals surface area contributed by atoms with Gasteiger partial charge in [0.2, 0.25) is 5.91 Å². The molecule has 1 heterocycles. The lowest BCUT2D eigenvalue weighted by atomic mass is 10.2. The van der Waals surface area contributed by atoms with Crippen molar-refractivity contribution in [2.24, 2.45) is 0 Å². The highest BCUT2D eigenvalue weighted by Crippen LogP contribution is 2.11. The number of hydrogen-bond donors (Lipinski definition) is 2. The Kier molecular flexibility index (Phi) is 6.11. The normalized spacial score (nSPS) is 9.96. The third-order valence-corrected chi connectivity index (χ3v) is 3.03. The van der Waals surface area contributed by atoms with Crippen LogP contribution < -0.4 is 15.4 Å². The Morgan fingerprint density at radius 3 is 2.52 bits per heavy atom. The molecule has 1 aromatic heterocycles. The number of aromatic nitrogens is 1. The van der Waals surface area contributed by atoms with E-state index in [0.717, 1.165) is 5.69 Å². The molecule has 0 aliphatic rings. The first kappa shape index (κ1) is 16.5. The van der Waals surface area contributed by atoms with E-state index in [0.29, 0.717) is 24.5 Å². The molecule has 0 saturated carbocycles. The van der Waals surface area contributed by atoms with Gasteiger partial charge in [-0.1, -0.05) is 6.07 Å². The molecule has 0 fully saturated rings. The number of pyridine rings is 1. The Morgan fingerprint density at radius 1 is 1.09 bits per heavy atom. The van der Waals surface area contributed by atoms with E-state index >= 15 is 0 Å². The lowest BCUT2D eigenvalue weighted by Gasteiger charge is -2.07. The van der Waals surface area contributed by atoms with Crippen LogP contribution in [0.4, 0.5) is 0 Å². The molecule has 0 atom stereocenters. The molecule has 2 aromatic rings. The minimum Gasteiger partial charge on any atom is -0.494 e. The highest BCUT2D eigenvalue weighted by molar-refractivity contribution is 5.96. The number of nitrogens with zero attached hydrogens (tertiary/aromatic N) is 1. The van der Waals surface area contributed by atoms with Crippen LogP contribution in [0.1, 0.15) is 23.0 Å². The van der Waals surface area contributed by atoms with E-state index in [1.807, 2.05) is 25.1 Å². The standard InChI is InChI=1S/C17H19N3O3/c1-2-23-15-8-6-13(7-9-15)17(22)20-12-16(21)19-11-14-5-3-4-10-18-14/h3-10H,2,11-12H2,1H3,(H,19,21)(H,20,22). The SMILES string of the molecule is CCOc1ccc(C(=O)NCC(=O)NCc2ccccn2)cc1. The summed E-state index contributed by atoms with van der Waals surface area (Å²) in [5.74, 6) is 0.133. The molecule has 120 valence electrons. The van der Waals surface area contributed by atoms with Crippen molar-refractivity contribution >= 4 is 11.8 Å². The summed E-state index contributed by atoms with van der Waals surface area (Å²) in [5.41, 5.74) is 1.24. The van der Waals surface area contributed by atoms with Crippen molar-refractivity contribution in [2.75, 3.05) is 13.2 Å². The fourth-order valence-electron chi connectivity index (χ4n) is 1.89. The van der Waals surface area contributed by atoms with Crippen molar-refractivity contribution in [3.05, 3.63) is 59.9 Å². The molecule has 0 unspecified atom stereocenters. The minimum absolute atomic E-state index is 0.0844. The van der Waals surface area contributed by atoms with Gasteiger partial charge in [0.25, 0.3) is 5.91 Å². The number of nitrogens with one attached hydrogen (secondary N) is 2. The van der Waals surface area contributed by atoms with Gasteiger partial charge in [-0.05, 0) is 43.3 Å². The van der Waals surface area contributed by atoms with Crippen LogP contribution in [-0.4, -0.2) is 29.9 Å². The van der Waals surface area contributed by atoms with Gasteiger partial charge in [-0.15, -0.1) is 0 Å². The fraction of sp³-hybridized carbons (Fsp3) is 0.235. The van der Waals surface area contributed by atoms with Gasteiger partial charge in [0.05, 0.1) is 25.4 Å². The third-order valence-electron chi connectivity index (χ3n) is 3.03. The van der Waals surface area contributed by atoms with Crippen LogP contribution in [-0.2, 0) is 11.3 Å².